The minimum atomic E-state index is -4.10. The van der Waals surface area contributed by atoms with Crippen LogP contribution in [0, 0.1) is 11.6 Å². The van der Waals surface area contributed by atoms with Gasteiger partial charge < -0.3 is 0 Å². The molecule has 0 aliphatic rings. The Hall–Kier alpha value is -2.44. The molecule has 0 aliphatic carbocycles. The van der Waals surface area contributed by atoms with Gasteiger partial charge in [-0.25, -0.2) is 17.2 Å². The zero-order chi connectivity index (χ0) is 18.7. The Morgan fingerprint density at radius 3 is 2.15 bits per heavy atom. The zero-order valence-corrected chi connectivity index (χ0v) is 15.0. The van der Waals surface area contributed by atoms with Crippen molar-refractivity contribution in [1.82, 2.24) is 0 Å². The van der Waals surface area contributed by atoms with Crippen molar-refractivity contribution in [2.24, 2.45) is 0 Å². The second-order valence-electron chi connectivity index (χ2n) is 5.55. The number of halogens is 3. The number of rotatable bonds is 5. The molecule has 0 radical (unpaired) electrons. The van der Waals surface area contributed by atoms with Gasteiger partial charge in [0, 0.05) is 0 Å². The molecule has 26 heavy (non-hydrogen) atoms. The lowest BCUT2D eigenvalue weighted by Crippen LogP contribution is -2.31. The Kier molecular flexibility index (Phi) is 5.25. The molecule has 0 atom stereocenters. The lowest BCUT2D eigenvalue weighted by Gasteiger charge is -2.25. The van der Waals surface area contributed by atoms with Crippen LogP contribution >= 0.6 is 11.6 Å². The van der Waals surface area contributed by atoms with E-state index in [2.05, 4.69) is 0 Å². The largest absolute Gasteiger partial charge is 0.266 e. The molecule has 3 aromatic carbocycles. The lowest BCUT2D eigenvalue weighted by atomic mass is 10.2. The van der Waals surface area contributed by atoms with Gasteiger partial charge in [0.15, 0.2) is 0 Å². The predicted octanol–water partition coefficient (Wildman–Crippen LogP) is 5.01. The van der Waals surface area contributed by atoms with E-state index in [1.165, 1.54) is 48.5 Å². The molecule has 0 fully saturated rings. The summed E-state index contributed by atoms with van der Waals surface area (Å²) in [5.74, 6) is -1.07. The van der Waals surface area contributed by atoms with Crippen LogP contribution in [0.1, 0.15) is 5.56 Å². The molecule has 134 valence electrons. The van der Waals surface area contributed by atoms with E-state index in [1.807, 2.05) is 0 Å². The van der Waals surface area contributed by atoms with Crippen molar-refractivity contribution in [2.45, 2.75) is 11.4 Å². The van der Waals surface area contributed by atoms with Crippen LogP contribution in [-0.4, -0.2) is 8.42 Å². The summed E-state index contributed by atoms with van der Waals surface area (Å²) >= 11 is 6.06. The highest BCUT2D eigenvalue weighted by molar-refractivity contribution is 7.93. The summed E-state index contributed by atoms with van der Waals surface area (Å²) in [7, 11) is -4.10. The number of anilines is 1. The fourth-order valence-electron chi connectivity index (χ4n) is 2.52. The minimum Gasteiger partial charge on any atom is -0.262 e. The van der Waals surface area contributed by atoms with Gasteiger partial charge in [0.25, 0.3) is 10.0 Å². The highest BCUT2D eigenvalue weighted by Gasteiger charge is 2.27. The first-order valence-corrected chi connectivity index (χ1v) is 9.47. The Balaban J connectivity index is 2.13. The minimum absolute atomic E-state index is 0.0492. The summed E-state index contributed by atoms with van der Waals surface area (Å²) in [4.78, 5) is -0.109. The first kappa shape index (κ1) is 18.4. The molecule has 3 rings (SSSR count). The van der Waals surface area contributed by atoms with Crippen LogP contribution in [-0.2, 0) is 16.6 Å². The van der Waals surface area contributed by atoms with E-state index in [0.29, 0.717) is 5.56 Å². The maximum atomic E-state index is 13.7. The van der Waals surface area contributed by atoms with Gasteiger partial charge in [0.05, 0.1) is 17.3 Å². The second kappa shape index (κ2) is 7.43. The molecule has 0 aliphatic heterocycles. The number of benzene rings is 3. The first-order valence-electron chi connectivity index (χ1n) is 7.65. The molecule has 3 nitrogen and oxygen atoms in total. The van der Waals surface area contributed by atoms with E-state index in [0.717, 1.165) is 10.4 Å². The van der Waals surface area contributed by atoms with Crippen molar-refractivity contribution in [1.29, 1.82) is 0 Å². The summed E-state index contributed by atoms with van der Waals surface area (Å²) in [5.41, 5.74) is 0.541. The summed E-state index contributed by atoms with van der Waals surface area (Å²) in [6.07, 6.45) is 0. The first-order chi connectivity index (χ1) is 12.4. The van der Waals surface area contributed by atoms with E-state index >= 15 is 0 Å². The highest BCUT2D eigenvalue weighted by Crippen LogP contribution is 2.30. The van der Waals surface area contributed by atoms with Crippen molar-refractivity contribution in [3.8, 4) is 0 Å². The van der Waals surface area contributed by atoms with E-state index in [-0.39, 0.29) is 22.2 Å². The topological polar surface area (TPSA) is 37.4 Å². The molecule has 0 spiro atoms. The number of sulfonamides is 1. The van der Waals surface area contributed by atoms with Crippen molar-refractivity contribution < 1.29 is 17.2 Å². The Bertz CT molecular complexity index is 1040. The van der Waals surface area contributed by atoms with E-state index < -0.39 is 21.7 Å². The number of nitrogens with zero attached hydrogens (tertiary/aromatic N) is 1. The van der Waals surface area contributed by atoms with Gasteiger partial charge in [-0.15, -0.1) is 0 Å². The second-order valence-corrected chi connectivity index (χ2v) is 7.79. The van der Waals surface area contributed by atoms with Crippen LogP contribution in [0.15, 0.2) is 77.7 Å². The van der Waals surface area contributed by atoms with Crippen molar-refractivity contribution >= 4 is 27.3 Å². The Morgan fingerprint density at radius 2 is 1.50 bits per heavy atom. The SMILES string of the molecule is O=S(=O)(c1ccccc1Cl)N(Cc1cccc(F)c1)c1cccc(F)c1. The summed E-state index contributed by atoms with van der Waals surface area (Å²) in [6.45, 7) is -0.172. The molecule has 3 aromatic rings. The van der Waals surface area contributed by atoms with Crippen molar-refractivity contribution in [2.75, 3.05) is 4.31 Å². The average Bonchev–Trinajstić information content (AvgIpc) is 2.60. The molecular formula is C19H14ClF2NO2S. The smallest absolute Gasteiger partial charge is 0.262 e. The molecule has 0 amide bonds. The molecule has 7 heteroatoms. The number of hydrogen-bond acceptors (Lipinski definition) is 2. The summed E-state index contributed by atoms with van der Waals surface area (Å²) in [6, 6.07) is 16.8. The van der Waals surface area contributed by atoms with Crippen LogP contribution in [0.3, 0.4) is 0 Å². The van der Waals surface area contributed by atoms with Gasteiger partial charge >= 0.3 is 0 Å². The molecule has 0 heterocycles. The van der Waals surface area contributed by atoms with Gasteiger partial charge in [-0.3, -0.25) is 4.31 Å². The van der Waals surface area contributed by atoms with E-state index in [4.69, 9.17) is 11.6 Å². The predicted molar refractivity (Wildman–Crippen MR) is 97.6 cm³/mol. The fraction of sp³-hybridized carbons (Fsp3) is 0.0526. The Labute approximate surface area is 155 Å². The average molecular weight is 394 g/mol. The molecular weight excluding hydrogens is 380 g/mol. The third-order valence-electron chi connectivity index (χ3n) is 3.72. The molecule has 0 bridgehead atoms. The van der Waals surface area contributed by atoms with Crippen molar-refractivity contribution in [3.63, 3.8) is 0 Å². The lowest BCUT2D eigenvalue weighted by molar-refractivity contribution is 0.589. The van der Waals surface area contributed by atoms with Gasteiger partial charge in [-0.05, 0) is 48.0 Å². The van der Waals surface area contributed by atoms with Gasteiger partial charge in [0.1, 0.15) is 16.5 Å². The molecule has 0 saturated heterocycles. The van der Waals surface area contributed by atoms with Gasteiger partial charge in [0.2, 0.25) is 0 Å². The van der Waals surface area contributed by atoms with Crippen LogP contribution in [0.5, 0.6) is 0 Å². The standard InChI is InChI=1S/C19H14ClF2NO2S/c20-18-9-1-2-10-19(18)26(24,25)23(17-8-4-7-16(22)12-17)13-14-5-3-6-15(21)11-14/h1-12H,13H2. The van der Waals surface area contributed by atoms with Crippen molar-refractivity contribution in [3.05, 3.63) is 95.0 Å². The van der Waals surface area contributed by atoms with Crippen LogP contribution in [0.25, 0.3) is 0 Å². The van der Waals surface area contributed by atoms with Crippen LogP contribution < -0.4 is 4.31 Å². The van der Waals surface area contributed by atoms with Gasteiger partial charge in [-0.1, -0.05) is 41.9 Å². The maximum Gasteiger partial charge on any atom is 0.266 e. The molecule has 0 aromatic heterocycles. The fourth-order valence-corrected chi connectivity index (χ4v) is 4.46. The normalized spacial score (nSPS) is 11.3. The maximum absolute atomic E-state index is 13.7. The molecule has 0 saturated carbocycles. The third-order valence-corrected chi connectivity index (χ3v) is 5.99. The highest BCUT2D eigenvalue weighted by atomic mass is 35.5. The van der Waals surface area contributed by atoms with Crippen LogP contribution in [0.2, 0.25) is 5.02 Å². The Morgan fingerprint density at radius 1 is 0.846 bits per heavy atom. The quantitative estimate of drug-likeness (QED) is 0.610. The van der Waals surface area contributed by atoms with Gasteiger partial charge in [-0.2, -0.15) is 0 Å². The summed E-state index contributed by atoms with van der Waals surface area (Å²) < 4.78 is 54.6. The van der Waals surface area contributed by atoms with E-state index in [9.17, 15) is 17.2 Å². The van der Waals surface area contributed by atoms with Crippen LogP contribution in [0.4, 0.5) is 14.5 Å². The molecule has 0 unspecified atom stereocenters. The zero-order valence-electron chi connectivity index (χ0n) is 13.4. The third kappa shape index (κ3) is 3.86. The van der Waals surface area contributed by atoms with E-state index in [1.54, 1.807) is 18.2 Å². The molecule has 0 N–H and O–H groups in total. The monoisotopic (exact) mass is 393 g/mol. The number of hydrogen-bond donors (Lipinski definition) is 0. The summed E-state index contributed by atoms with van der Waals surface area (Å²) in [5, 5.41) is 0.0492.